The molecule has 0 radical (unpaired) electrons. The second-order valence-electron chi connectivity index (χ2n) is 6.12. The lowest BCUT2D eigenvalue weighted by Crippen LogP contribution is -2.54. The zero-order valence-corrected chi connectivity index (χ0v) is 13.2. The Morgan fingerprint density at radius 1 is 1.40 bits per heavy atom. The molecule has 1 aliphatic rings. The fraction of sp³-hybridized carbons (Fsp3) is 0.562. The van der Waals surface area contributed by atoms with Gasteiger partial charge < -0.3 is 10.4 Å². The van der Waals surface area contributed by atoms with Crippen molar-refractivity contribution in [2.45, 2.75) is 44.2 Å². The maximum absolute atomic E-state index is 12.3. The number of nitrogens with one attached hydrogen (secondary N) is 1. The van der Waals surface area contributed by atoms with Crippen LogP contribution in [-0.2, 0) is 10.2 Å². The molecular weight excluding hydrogens is 270 g/mol. The summed E-state index contributed by atoms with van der Waals surface area (Å²) in [5, 5.41) is 13.3. The summed E-state index contributed by atoms with van der Waals surface area (Å²) < 4.78 is 0. The van der Waals surface area contributed by atoms with Gasteiger partial charge in [0.15, 0.2) is 5.60 Å². The summed E-state index contributed by atoms with van der Waals surface area (Å²) in [6.45, 7) is 6.22. The van der Waals surface area contributed by atoms with Gasteiger partial charge in [-0.1, -0.05) is 44.2 Å². The van der Waals surface area contributed by atoms with Gasteiger partial charge in [-0.25, -0.2) is 0 Å². The number of hydrogen-bond donors (Lipinski definition) is 2. The number of amides is 1. The van der Waals surface area contributed by atoms with Gasteiger partial charge in [-0.3, -0.25) is 4.79 Å². The van der Waals surface area contributed by atoms with Crippen LogP contribution in [-0.4, -0.2) is 34.2 Å². The summed E-state index contributed by atoms with van der Waals surface area (Å²) in [7, 11) is 0. The van der Waals surface area contributed by atoms with Crippen LogP contribution >= 0.6 is 11.8 Å². The molecular formula is C16H23NO2S. The Hall–Kier alpha value is -1.00. The van der Waals surface area contributed by atoms with E-state index in [9.17, 15) is 9.90 Å². The Bertz CT molecular complexity index is 467. The van der Waals surface area contributed by atoms with Crippen LogP contribution in [0.3, 0.4) is 0 Å². The van der Waals surface area contributed by atoms with Crippen molar-refractivity contribution in [3.05, 3.63) is 35.9 Å². The fourth-order valence-corrected chi connectivity index (χ4v) is 3.60. The van der Waals surface area contributed by atoms with Gasteiger partial charge in [0.05, 0.1) is 0 Å². The van der Waals surface area contributed by atoms with Gasteiger partial charge in [0.25, 0.3) is 5.91 Å². The molecule has 3 nitrogen and oxygen atoms in total. The monoisotopic (exact) mass is 293 g/mol. The minimum atomic E-state index is -1.19. The number of aliphatic hydroxyl groups is 1. The van der Waals surface area contributed by atoms with E-state index in [2.05, 4.69) is 31.3 Å². The van der Waals surface area contributed by atoms with E-state index in [-0.39, 0.29) is 17.4 Å². The molecule has 110 valence electrons. The van der Waals surface area contributed by atoms with Crippen LogP contribution in [0, 0.1) is 0 Å². The first-order valence-electron chi connectivity index (χ1n) is 7.03. The topological polar surface area (TPSA) is 49.3 Å². The molecule has 1 saturated heterocycles. The van der Waals surface area contributed by atoms with Crippen molar-refractivity contribution >= 4 is 17.7 Å². The Balaban J connectivity index is 2.07. The summed E-state index contributed by atoms with van der Waals surface area (Å²) in [5.41, 5.74) is -0.189. The Morgan fingerprint density at radius 3 is 2.60 bits per heavy atom. The number of hydrogen-bond acceptors (Lipinski definition) is 3. The number of rotatable bonds is 4. The average molecular weight is 293 g/mol. The van der Waals surface area contributed by atoms with E-state index in [4.69, 9.17) is 0 Å². The molecule has 4 heteroatoms. The molecule has 0 saturated carbocycles. The van der Waals surface area contributed by atoms with Crippen molar-refractivity contribution in [3.63, 3.8) is 0 Å². The van der Waals surface area contributed by atoms with Gasteiger partial charge in [-0.15, -0.1) is 0 Å². The third-order valence-electron chi connectivity index (χ3n) is 4.37. The molecule has 0 aromatic heterocycles. The molecule has 2 atom stereocenters. The van der Waals surface area contributed by atoms with Gasteiger partial charge in [-0.05, 0) is 24.7 Å². The van der Waals surface area contributed by atoms with Crippen LogP contribution in [0.4, 0.5) is 0 Å². The Kier molecular flexibility index (Phi) is 4.45. The summed E-state index contributed by atoms with van der Waals surface area (Å²) in [5.74, 6) is 1.11. The van der Waals surface area contributed by atoms with Crippen LogP contribution in [0.5, 0.6) is 0 Å². The highest BCUT2D eigenvalue weighted by atomic mass is 32.2. The normalized spacial score (nSPS) is 24.4. The van der Waals surface area contributed by atoms with Crippen molar-refractivity contribution in [2.75, 3.05) is 11.5 Å². The number of carbonyl (C=O) groups excluding carboxylic acids is 1. The average Bonchev–Trinajstić information content (AvgIpc) is 2.88. The Labute approximate surface area is 125 Å². The van der Waals surface area contributed by atoms with E-state index in [1.807, 2.05) is 25.1 Å². The third kappa shape index (κ3) is 3.01. The molecule has 20 heavy (non-hydrogen) atoms. The van der Waals surface area contributed by atoms with Crippen molar-refractivity contribution < 1.29 is 9.90 Å². The SMILES string of the molecule is CC(NC(=O)C1(O)CCSC1)C(C)(C)c1ccccc1. The van der Waals surface area contributed by atoms with E-state index < -0.39 is 5.60 Å². The highest BCUT2D eigenvalue weighted by Crippen LogP contribution is 2.30. The zero-order chi connectivity index (χ0) is 14.8. The minimum absolute atomic E-state index is 0.0491. The van der Waals surface area contributed by atoms with Crippen LogP contribution in [0.15, 0.2) is 30.3 Å². The van der Waals surface area contributed by atoms with E-state index in [0.717, 1.165) is 5.75 Å². The van der Waals surface area contributed by atoms with E-state index in [0.29, 0.717) is 12.2 Å². The number of carbonyl (C=O) groups is 1. The highest BCUT2D eigenvalue weighted by molar-refractivity contribution is 7.99. The van der Waals surface area contributed by atoms with Crippen LogP contribution in [0.1, 0.15) is 32.8 Å². The van der Waals surface area contributed by atoms with Gasteiger partial charge in [0, 0.05) is 17.2 Å². The smallest absolute Gasteiger partial charge is 0.253 e. The summed E-state index contributed by atoms with van der Waals surface area (Å²) >= 11 is 1.63. The molecule has 0 bridgehead atoms. The lowest BCUT2D eigenvalue weighted by atomic mass is 9.78. The zero-order valence-electron chi connectivity index (χ0n) is 12.3. The summed E-state index contributed by atoms with van der Waals surface area (Å²) in [4.78, 5) is 12.3. The van der Waals surface area contributed by atoms with E-state index in [1.165, 1.54) is 5.56 Å². The lowest BCUT2D eigenvalue weighted by Gasteiger charge is -2.35. The molecule has 1 aromatic carbocycles. The first kappa shape index (κ1) is 15.4. The third-order valence-corrected chi connectivity index (χ3v) is 5.55. The molecule has 2 unspecified atom stereocenters. The van der Waals surface area contributed by atoms with E-state index >= 15 is 0 Å². The predicted octanol–water partition coefficient (Wildman–Crippen LogP) is 2.34. The maximum atomic E-state index is 12.3. The van der Waals surface area contributed by atoms with Gasteiger partial charge >= 0.3 is 0 Å². The second-order valence-corrected chi connectivity index (χ2v) is 7.22. The molecule has 0 aliphatic carbocycles. The van der Waals surface area contributed by atoms with Crippen molar-refractivity contribution in [2.24, 2.45) is 0 Å². The molecule has 1 amide bonds. The highest BCUT2D eigenvalue weighted by Gasteiger charge is 2.41. The van der Waals surface area contributed by atoms with Crippen LogP contribution in [0.2, 0.25) is 0 Å². The predicted molar refractivity (Wildman–Crippen MR) is 84.0 cm³/mol. The van der Waals surface area contributed by atoms with Crippen LogP contribution in [0.25, 0.3) is 0 Å². The van der Waals surface area contributed by atoms with Gasteiger partial charge in [0.2, 0.25) is 0 Å². The molecule has 2 rings (SSSR count). The van der Waals surface area contributed by atoms with Crippen molar-refractivity contribution in [1.29, 1.82) is 0 Å². The molecule has 1 fully saturated rings. The quantitative estimate of drug-likeness (QED) is 0.896. The van der Waals surface area contributed by atoms with Gasteiger partial charge in [0.1, 0.15) is 0 Å². The molecule has 1 aromatic rings. The number of benzene rings is 1. The number of thioether (sulfide) groups is 1. The van der Waals surface area contributed by atoms with Crippen LogP contribution < -0.4 is 5.32 Å². The van der Waals surface area contributed by atoms with E-state index in [1.54, 1.807) is 11.8 Å². The molecule has 1 heterocycles. The maximum Gasteiger partial charge on any atom is 0.253 e. The minimum Gasteiger partial charge on any atom is -0.379 e. The van der Waals surface area contributed by atoms with Gasteiger partial charge in [-0.2, -0.15) is 11.8 Å². The Morgan fingerprint density at radius 2 is 2.05 bits per heavy atom. The largest absolute Gasteiger partial charge is 0.379 e. The van der Waals surface area contributed by atoms with Crippen molar-refractivity contribution in [1.82, 2.24) is 5.32 Å². The summed E-state index contributed by atoms with van der Waals surface area (Å²) in [6.07, 6.45) is 0.544. The standard InChI is InChI=1S/C16H23NO2S/c1-12(15(2,3)13-7-5-4-6-8-13)17-14(18)16(19)9-10-20-11-16/h4-8,12,19H,9-11H2,1-3H3,(H,17,18). The molecule has 2 N–H and O–H groups in total. The first-order valence-corrected chi connectivity index (χ1v) is 8.18. The summed E-state index contributed by atoms with van der Waals surface area (Å²) in [6, 6.07) is 10.1. The molecule has 1 aliphatic heterocycles. The second kappa shape index (κ2) is 5.78. The lowest BCUT2D eigenvalue weighted by molar-refractivity contribution is -0.138. The molecule has 0 spiro atoms. The van der Waals surface area contributed by atoms with Crippen molar-refractivity contribution in [3.8, 4) is 0 Å². The fourth-order valence-electron chi connectivity index (χ4n) is 2.36. The first-order chi connectivity index (χ1) is 9.36.